The molecule has 1 aromatic rings. The van der Waals surface area contributed by atoms with Gasteiger partial charge in [0, 0.05) is 12.6 Å². The molecule has 1 fully saturated rings. The number of piperidine rings is 1. The zero-order valence-electron chi connectivity index (χ0n) is 12.1. The van der Waals surface area contributed by atoms with E-state index in [1.165, 1.54) is 24.9 Å². The van der Waals surface area contributed by atoms with E-state index < -0.39 is 0 Å². The highest BCUT2D eigenvalue weighted by molar-refractivity contribution is 5.59. The Morgan fingerprint density at radius 2 is 2.11 bits per heavy atom. The van der Waals surface area contributed by atoms with Gasteiger partial charge in [-0.25, -0.2) is 0 Å². The van der Waals surface area contributed by atoms with Crippen LogP contribution in [-0.2, 0) is 0 Å². The van der Waals surface area contributed by atoms with E-state index in [-0.39, 0.29) is 6.10 Å². The molecule has 1 aliphatic heterocycles. The van der Waals surface area contributed by atoms with Gasteiger partial charge < -0.3 is 15.4 Å². The second-order valence-electron chi connectivity index (χ2n) is 5.55. The maximum Gasteiger partial charge on any atom is 0.142 e. The standard InChI is InChI=1S/C16H26N2O/c1-13(2)19-16-9-4-3-8-15(16)18-12-6-5-7-14(18)10-11-17/h3-4,8-9,13-14H,5-7,10-12,17H2,1-2H3. The fourth-order valence-corrected chi connectivity index (χ4v) is 2.86. The highest BCUT2D eigenvalue weighted by Gasteiger charge is 2.24. The largest absolute Gasteiger partial charge is 0.489 e. The molecule has 1 unspecified atom stereocenters. The molecule has 0 bridgehead atoms. The van der Waals surface area contributed by atoms with Crippen LogP contribution in [0.2, 0.25) is 0 Å². The van der Waals surface area contributed by atoms with Crippen LogP contribution in [0.1, 0.15) is 39.5 Å². The van der Waals surface area contributed by atoms with Gasteiger partial charge in [0.25, 0.3) is 0 Å². The van der Waals surface area contributed by atoms with E-state index in [0.29, 0.717) is 6.04 Å². The Morgan fingerprint density at radius 1 is 1.32 bits per heavy atom. The molecule has 0 radical (unpaired) electrons. The lowest BCUT2D eigenvalue weighted by molar-refractivity contribution is 0.242. The molecular formula is C16H26N2O. The molecule has 0 aliphatic carbocycles. The molecular weight excluding hydrogens is 236 g/mol. The Bertz CT molecular complexity index is 390. The Morgan fingerprint density at radius 3 is 2.84 bits per heavy atom. The maximum atomic E-state index is 5.95. The second-order valence-corrected chi connectivity index (χ2v) is 5.55. The third kappa shape index (κ3) is 3.63. The second kappa shape index (κ2) is 6.80. The van der Waals surface area contributed by atoms with E-state index in [0.717, 1.165) is 25.3 Å². The molecule has 0 spiro atoms. The summed E-state index contributed by atoms with van der Waals surface area (Å²) in [6, 6.07) is 8.95. The van der Waals surface area contributed by atoms with E-state index in [9.17, 15) is 0 Å². The van der Waals surface area contributed by atoms with Crippen LogP contribution < -0.4 is 15.4 Å². The minimum absolute atomic E-state index is 0.207. The third-order valence-electron chi connectivity index (χ3n) is 3.66. The Kier molecular flexibility index (Phi) is 5.08. The number of para-hydroxylation sites is 2. The minimum Gasteiger partial charge on any atom is -0.489 e. The number of rotatable bonds is 5. The van der Waals surface area contributed by atoms with Gasteiger partial charge in [-0.05, 0) is 58.2 Å². The van der Waals surface area contributed by atoms with Crippen molar-refractivity contribution in [1.29, 1.82) is 0 Å². The predicted molar refractivity (Wildman–Crippen MR) is 80.9 cm³/mol. The molecule has 1 saturated heterocycles. The van der Waals surface area contributed by atoms with Crippen LogP contribution in [0.5, 0.6) is 5.75 Å². The lowest BCUT2D eigenvalue weighted by Gasteiger charge is -2.38. The topological polar surface area (TPSA) is 38.5 Å². The molecule has 2 N–H and O–H groups in total. The zero-order chi connectivity index (χ0) is 13.7. The van der Waals surface area contributed by atoms with Gasteiger partial charge in [0.15, 0.2) is 0 Å². The van der Waals surface area contributed by atoms with Gasteiger partial charge in [-0.1, -0.05) is 12.1 Å². The minimum atomic E-state index is 0.207. The van der Waals surface area contributed by atoms with Crippen molar-refractivity contribution in [2.75, 3.05) is 18.0 Å². The maximum absolute atomic E-state index is 5.95. The van der Waals surface area contributed by atoms with Crippen molar-refractivity contribution >= 4 is 5.69 Å². The number of nitrogens with zero attached hydrogens (tertiary/aromatic N) is 1. The van der Waals surface area contributed by atoms with Crippen molar-refractivity contribution in [3.63, 3.8) is 0 Å². The first-order valence-corrected chi connectivity index (χ1v) is 7.44. The molecule has 1 heterocycles. The Labute approximate surface area is 116 Å². The van der Waals surface area contributed by atoms with Crippen molar-refractivity contribution in [1.82, 2.24) is 0 Å². The summed E-state index contributed by atoms with van der Waals surface area (Å²) in [5.74, 6) is 1.00. The first-order valence-electron chi connectivity index (χ1n) is 7.44. The van der Waals surface area contributed by atoms with Gasteiger partial charge in [0.1, 0.15) is 5.75 Å². The van der Waals surface area contributed by atoms with Crippen LogP contribution in [0, 0.1) is 0 Å². The summed E-state index contributed by atoms with van der Waals surface area (Å²) >= 11 is 0. The van der Waals surface area contributed by atoms with Crippen molar-refractivity contribution < 1.29 is 4.74 Å². The van der Waals surface area contributed by atoms with Crippen LogP contribution in [0.25, 0.3) is 0 Å². The monoisotopic (exact) mass is 262 g/mol. The lowest BCUT2D eigenvalue weighted by atomic mass is 9.98. The summed E-state index contributed by atoms with van der Waals surface area (Å²) in [7, 11) is 0. The van der Waals surface area contributed by atoms with Gasteiger partial charge in [-0.3, -0.25) is 0 Å². The molecule has 3 nitrogen and oxygen atoms in total. The number of hydrogen-bond donors (Lipinski definition) is 1. The molecule has 19 heavy (non-hydrogen) atoms. The third-order valence-corrected chi connectivity index (χ3v) is 3.66. The molecule has 1 atom stereocenters. The van der Waals surface area contributed by atoms with Gasteiger partial charge in [0.05, 0.1) is 11.8 Å². The highest BCUT2D eigenvalue weighted by atomic mass is 16.5. The summed E-state index contributed by atoms with van der Waals surface area (Å²) in [4.78, 5) is 2.49. The molecule has 2 rings (SSSR count). The summed E-state index contributed by atoms with van der Waals surface area (Å²) in [5.41, 5.74) is 6.99. The SMILES string of the molecule is CC(C)Oc1ccccc1N1CCCCC1CCN. The van der Waals surface area contributed by atoms with Crippen LogP contribution >= 0.6 is 0 Å². The first-order chi connectivity index (χ1) is 9.22. The molecule has 3 heteroatoms. The first kappa shape index (κ1) is 14.2. The summed E-state index contributed by atoms with van der Waals surface area (Å²) in [5, 5.41) is 0. The fraction of sp³-hybridized carbons (Fsp3) is 0.625. The van der Waals surface area contributed by atoms with E-state index in [2.05, 4.69) is 36.9 Å². The molecule has 0 aromatic heterocycles. The van der Waals surface area contributed by atoms with Gasteiger partial charge >= 0.3 is 0 Å². The molecule has 1 aromatic carbocycles. The zero-order valence-corrected chi connectivity index (χ0v) is 12.1. The van der Waals surface area contributed by atoms with Crippen LogP contribution in [0.3, 0.4) is 0 Å². The number of hydrogen-bond acceptors (Lipinski definition) is 3. The van der Waals surface area contributed by atoms with Crippen molar-refractivity contribution in [3.05, 3.63) is 24.3 Å². The number of nitrogens with two attached hydrogens (primary N) is 1. The average Bonchev–Trinajstić information content (AvgIpc) is 2.40. The van der Waals surface area contributed by atoms with Crippen molar-refractivity contribution in [2.45, 2.75) is 51.7 Å². The fourth-order valence-electron chi connectivity index (χ4n) is 2.86. The normalized spacial score (nSPS) is 19.8. The van der Waals surface area contributed by atoms with Crippen LogP contribution in [-0.4, -0.2) is 25.2 Å². The summed E-state index contributed by atoms with van der Waals surface area (Å²) < 4.78 is 5.95. The Balaban J connectivity index is 2.22. The molecule has 0 amide bonds. The van der Waals surface area contributed by atoms with Gasteiger partial charge in [-0.15, -0.1) is 0 Å². The average molecular weight is 262 g/mol. The number of ether oxygens (including phenoxy) is 1. The molecule has 0 saturated carbocycles. The number of benzene rings is 1. The molecule has 1 aliphatic rings. The molecule has 106 valence electrons. The lowest BCUT2D eigenvalue weighted by Crippen LogP contribution is -2.41. The van der Waals surface area contributed by atoms with E-state index >= 15 is 0 Å². The summed E-state index contributed by atoms with van der Waals surface area (Å²) in [6.07, 6.45) is 5.09. The quantitative estimate of drug-likeness (QED) is 0.885. The van der Waals surface area contributed by atoms with Gasteiger partial charge in [0.2, 0.25) is 0 Å². The predicted octanol–water partition coefficient (Wildman–Crippen LogP) is 3.18. The van der Waals surface area contributed by atoms with Crippen LogP contribution in [0.4, 0.5) is 5.69 Å². The van der Waals surface area contributed by atoms with Crippen molar-refractivity contribution in [2.24, 2.45) is 5.73 Å². The highest BCUT2D eigenvalue weighted by Crippen LogP contribution is 2.34. The van der Waals surface area contributed by atoms with Crippen molar-refractivity contribution in [3.8, 4) is 5.75 Å². The van der Waals surface area contributed by atoms with E-state index in [1.54, 1.807) is 0 Å². The van der Waals surface area contributed by atoms with E-state index in [4.69, 9.17) is 10.5 Å². The summed E-state index contributed by atoms with van der Waals surface area (Å²) in [6.45, 7) is 6.02. The Hall–Kier alpha value is -1.22. The number of anilines is 1. The van der Waals surface area contributed by atoms with Gasteiger partial charge in [-0.2, -0.15) is 0 Å². The van der Waals surface area contributed by atoms with E-state index in [1.807, 2.05) is 6.07 Å². The smallest absolute Gasteiger partial charge is 0.142 e. The van der Waals surface area contributed by atoms with Crippen LogP contribution in [0.15, 0.2) is 24.3 Å².